The number of guanidine groups is 1. The first-order valence-corrected chi connectivity index (χ1v) is 10.9. The molecule has 0 atom stereocenters. The van der Waals surface area contributed by atoms with Gasteiger partial charge in [-0.25, -0.2) is 0 Å². The maximum atomic E-state index is 5.80. The van der Waals surface area contributed by atoms with Crippen LogP contribution in [0.2, 0.25) is 0 Å². The van der Waals surface area contributed by atoms with Crippen molar-refractivity contribution in [2.75, 3.05) is 46.6 Å². The highest BCUT2D eigenvalue weighted by Crippen LogP contribution is 2.15. The van der Waals surface area contributed by atoms with Gasteiger partial charge in [0.1, 0.15) is 0 Å². The first kappa shape index (κ1) is 26.2. The Morgan fingerprint density at radius 1 is 1.10 bits per heavy atom. The van der Waals surface area contributed by atoms with Gasteiger partial charge in [0.2, 0.25) is 0 Å². The number of aryl methyl sites for hydroxylation is 1. The molecule has 2 N–H and O–H groups in total. The molecule has 5 nitrogen and oxygen atoms in total. The lowest BCUT2D eigenvalue weighted by Gasteiger charge is -2.21. The van der Waals surface area contributed by atoms with Gasteiger partial charge in [0.25, 0.3) is 0 Å². The number of aliphatic imine (C=N–C) groups is 1. The molecule has 29 heavy (non-hydrogen) atoms. The lowest BCUT2D eigenvalue weighted by atomic mass is 10.0. The Morgan fingerprint density at radius 2 is 1.76 bits per heavy atom. The molecule has 1 heterocycles. The van der Waals surface area contributed by atoms with Crippen molar-refractivity contribution in [1.29, 1.82) is 0 Å². The molecule has 0 aliphatic carbocycles. The molecule has 1 aliphatic heterocycles. The van der Waals surface area contributed by atoms with E-state index < -0.39 is 0 Å². The standard InChI is InChI=1S/C23H39N3O2.HI/c1-19(2)22-9-7-20(8-10-22)6-4-13-25-23(24-3)26-14-5-15-28-18-21-11-16-27-17-12-21;/h7-10,19,21H,4-6,11-18H2,1-3H3,(H2,24,25,26);1H. The molecule has 166 valence electrons. The molecule has 1 aliphatic rings. The van der Waals surface area contributed by atoms with Crippen LogP contribution < -0.4 is 10.6 Å². The maximum absolute atomic E-state index is 5.80. The van der Waals surface area contributed by atoms with Crippen LogP contribution in [0.4, 0.5) is 0 Å². The number of hydrogen-bond acceptors (Lipinski definition) is 3. The average Bonchev–Trinajstić information content (AvgIpc) is 2.73. The molecule has 0 unspecified atom stereocenters. The fourth-order valence-corrected chi connectivity index (χ4v) is 3.33. The van der Waals surface area contributed by atoms with E-state index in [0.717, 1.165) is 77.6 Å². The van der Waals surface area contributed by atoms with Crippen LogP contribution in [0.15, 0.2) is 29.3 Å². The minimum absolute atomic E-state index is 0. The van der Waals surface area contributed by atoms with Gasteiger partial charge in [0.15, 0.2) is 5.96 Å². The van der Waals surface area contributed by atoms with Gasteiger partial charge in [-0.3, -0.25) is 4.99 Å². The van der Waals surface area contributed by atoms with Gasteiger partial charge in [-0.1, -0.05) is 38.1 Å². The summed E-state index contributed by atoms with van der Waals surface area (Å²) in [5, 5.41) is 6.76. The Morgan fingerprint density at radius 3 is 2.38 bits per heavy atom. The number of rotatable bonds is 11. The molecule has 0 amide bonds. The van der Waals surface area contributed by atoms with Crippen molar-refractivity contribution in [3.05, 3.63) is 35.4 Å². The third kappa shape index (κ3) is 11.2. The van der Waals surface area contributed by atoms with Crippen LogP contribution in [0.5, 0.6) is 0 Å². The van der Waals surface area contributed by atoms with E-state index >= 15 is 0 Å². The summed E-state index contributed by atoms with van der Waals surface area (Å²) in [6.07, 6.45) is 5.44. The van der Waals surface area contributed by atoms with E-state index in [1.54, 1.807) is 0 Å². The van der Waals surface area contributed by atoms with Crippen LogP contribution in [0.25, 0.3) is 0 Å². The predicted octanol–water partition coefficient (Wildman–Crippen LogP) is 4.36. The molecular formula is C23H40IN3O2. The number of nitrogens with one attached hydrogen (secondary N) is 2. The van der Waals surface area contributed by atoms with E-state index in [0.29, 0.717) is 11.8 Å². The molecule has 1 aromatic carbocycles. The summed E-state index contributed by atoms with van der Waals surface area (Å²) >= 11 is 0. The second-order valence-corrected chi connectivity index (χ2v) is 7.91. The van der Waals surface area contributed by atoms with E-state index in [1.165, 1.54) is 11.1 Å². The molecular weight excluding hydrogens is 477 g/mol. The minimum Gasteiger partial charge on any atom is -0.381 e. The molecule has 6 heteroatoms. The average molecular weight is 517 g/mol. The van der Waals surface area contributed by atoms with Crippen LogP contribution in [-0.2, 0) is 15.9 Å². The number of ether oxygens (including phenoxy) is 2. The fraction of sp³-hybridized carbons (Fsp3) is 0.696. The van der Waals surface area contributed by atoms with E-state index in [2.05, 4.69) is 53.7 Å². The van der Waals surface area contributed by atoms with Crippen molar-refractivity contribution < 1.29 is 9.47 Å². The second-order valence-electron chi connectivity index (χ2n) is 7.91. The van der Waals surface area contributed by atoms with E-state index in [4.69, 9.17) is 9.47 Å². The molecule has 1 aromatic rings. The highest BCUT2D eigenvalue weighted by molar-refractivity contribution is 14.0. The Bertz CT molecular complexity index is 558. The number of benzene rings is 1. The van der Waals surface area contributed by atoms with Crippen molar-refractivity contribution in [3.63, 3.8) is 0 Å². The van der Waals surface area contributed by atoms with Gasteiger partial charge in [-0.2, -0.15) is 0 Å². The Balaban J connectivity index is 0.00000420. The van der Waals surface area contributed by atoms with Gasteiger partial charge < -0.3 is 20.1 Å². The van der Waals surface area contributed by atoms with Crippen LogP contribution in [-0.4, -0.2) is 52.5 Å². The highest BCUT2D eigenvalue weighted by Gasteiger charge is 2.13. The summed E-state index contributed by atoms with van der Waals surface area (Å²) in [6, 6.07) is 9.00. The van der Waals surface area contributed by atoms with Crippen LogP contribution in [0.1, 0.15) is 56.6 Å². The molecule has 0 aromatic heterocycles. The smallest absolute Gasteiger partial charge is 0.190 e. The minimum atomic E-state index is 0. The fourth-order valence-electron chi connectivity index (χ4n) is 3.33. The SMILES string of the molecule is CN=C(NCCCOCC1CCOCC1)NCCCc1ccc(C(C)C)cc1.I. The zero-order valence-corrected chi connectivity index (χ0v) is 20.7. The second kappa shape index (κ2) is 15.9. The van der Waals surface area contributed by atoms with Crippen molar-refractivity contribution in [2.45, 2.75) is 51.9 Å². The van der Waals surface area contributed by atoms with Crippen molar-refractivity contribution >= 4 is 29.9 Å². The Kier molecular flexibility index (Phi) is 14.4. The summed E-state index contributed by atoms with van der Waals surface area (Å²) in [6.45, 7) is 9.71. The molecule has 1 fully saturated rings. The normalized spacial score (nSPS) is 15.2. The quantitative estimate of drug-likeness (QED) is 0.198. The summed E-state index contributed by atoms with van der Waals surface area (Å²) in [7, 11) is 1.82. The molecule has 0 bridgehead atoms. The van der Waals surface area contributed by atoms with Crippen LogP contribution >= 0.6 is 24.0 Å². The third-order valence-corrected chi connectivity index (χ3v) is 5.26. The van der Waals surface area contributed by atoms with Gasteiger partial charge in [0, 0.05) is 46.6 Å². The summed E-state index contributed by atoms with van der Waals surface area (Å²) in [4.78, 5) is 4.29. The first-order valence-electron chi connectivity index (χ1n) is 10.9. The lowest BCUT2D eigenvalue weighted by Crippen LogP contribution is -2.38. The number of halogens is 1. The van der Waals surface area contributed by atoms with E-state index in [1.807, 2.05) is 7.05 Å². The Labute approximate surface area is 194 Å². The largest absolute Gasteiger partial charge is 0.381 e. The third-order valence-electron chi connectivity index (χ3n) is 5.26. The highest BCUT2D eigenvalue weighted by atomic mass is 127. The number of nitrogens with zero attached hydrogens (tertiary/aromatic N) is 1. The number of hydrogen-bond donors (Lipinski definition) is 2. The van der Waals surface area contributed by atoms with Gasteiger partial charge >= 0.3 is 0 Å². The molecule has 0 saturated carbocycles. The maximum Gasteiger partial charge on any atom is 0.190 e. The van der Waals surface area contributed by atoms with Crippen LogP contribution in [0, 0.1) is 5.92 Å². The lowest BCUT2D eigenvalue weighted by molar-refractivity contribution is 0.0203. The summed E-state index contributed by atoms with van der Waals surface area (Å²) in [5.74, 6) is 2.15. The van der Waals surface area contributed by atoms with E-state index in [-0.39, 0.29) is 24.0 Å². The molecule has 2 rings (SSSR count). The summed E-state index contributed by atoms with van der Waals surface area (Å²) in [5.41, 5.74) is 2.80. The van der Waals surface area contributed by atoms with Gasteiger partial charge in [-0.15, -0.1) is 24.0 Å². The van der Waals surface area contributed by atoms with Crippen LogP contribution in [0.3, 0.4) is 0 Å². The molecule has 0 spiro atoms. The van der Waals surface area contributed by atoms with Gasteiger partial charge in [-0.05, 0) is 55.1 Å². The van der Waals surface area contributed by atoms with Crippen molar-refractivity contribution in [2.24, 2.45) is 10.9 Å². The van der Waals surface area contributed by atoms with Gasteiger partial charge in [0.05, 0.1) is 0 Å². The zero-order chi connectivity index (χ0) is 20.0. The van der Waals surface area contributed by atoms with E-state index in [9.17, 15) is 0 Å². The Hall–Kier alpha value is -0.860. The summed E-state index contributed by atoms with van der Waals surface area (Å²) < 4.78 is 11.2. The predicted molar refractivity (Wildman–Crippen MR) is 133 cm³/mol. The monoisotopic (exact) mass is 517 g/mol. The molecule has 1 saturated heterocycles. The first-order chi connectivity index (χ1) is 13.7. The molecule has 0 radical (unpaired) electrons. The topological polar surface area (TPSA) is 54.9 Å². The zero-order valence-electron chi connectivity index (χ0n) is 18.4. The van der Waals surface area contributed by atoms with Crippen molar-refractivity contribution in [3.8, 4) is 0 Å². The van der Waals surface area contributed by atoms with Crippen molar-refractivity contribution in [1.82, 2.24) is 10.6 Å².